The van der Waals surface area contributed by atoms with Crippen LogP contribution >= 0.6 is 0 Å². The monoisotopic (exact) mass is 316 g/mol. The van der Waals surface area contributed by atoms with Gasteiger partial charge < -0.3 is 10.6 Å². The average molecular weight is 316 g/mol. The third-order valence-corrected chi connectivity index (χ3v) is 5.15. The first-order chi connectivity index (χ1) is 11.2. The summed E-state index contributed by atoms with van der Waals surface area (Å²) in [5, 5.41) is 6.66. The lowest BCUT2D eigenvalue weighted by molar-refractivity contribution is -0.124. The van der Waals surface area contributed by atoms with Crippen molar-refractivity contribution in [3.05, 3.63) is 30.1 Å². The van der Waals surface area contributed by atoms with E-state index in [1.165, 1.54) is 18.4 Å². The second kappa shape index (κ2) is 7.88. The van der Waals surface area contributed by atoms with Gasteiger partial charge in [0.2, 0.25) is 5.91 Å². The van der Waals surface area contributed by atoms with Gasteiger partial charge in [0.1, 0.15) is 0 Å². The molecule has 1 saturated carbocycles. The number of hydrogen-bond acceptors (Lipinski definition) is 4. The Hall–Kier alpha value is -1.46. The number of piperazine rings is 1. The van der Waals surface area contributed by atoms with Crippen LogP contribution in [0.25, 0.3) is 0 Å². The van der Waals surface area contributed by atoms with Gasteiger partial charge in [-0.2, -0.15) is 0 Å². The Morgan fingerprint density at radius 3 is 2.96 bits per heavy atom. The molecule has 2 heterocycles. The average Bonchev–Trinajstić information content (AvgIpc) is 2.58. The summed E-state index contributed by atoms with van der Waals surface area (Å²) in [7, 11) is 0. The first-order valence-electron chi connectivity index (χ1n) is 8.86. The highest BCUT2D eigenvalue weighted by Crippen LogP contribution is 2.24. The fraction of sp³-hybridized carbons (Fsp3) is 0.667. The number of rotatable bonds is 4. The zero-order valence-corrected chi connectivity index (χ0v) is 14.0. The fourth-order valence-corrected chi connectivity index (χ4v) is 3.70. The number of nitrogens with one attached hydrogen (secondary N) is 2. The smallest absolute Gasteiger partial charge is 0.234 e. The molecule has 0 radical (unpaired) electrons. The molecule has 3 rings (SSSR count). The number of aromatic nitrogens is 1. The van der Waals surface area contributed by atoms with Crippen molar-refractivity contribution in [2.24, 2.45) is 5.92 Å². The molecule has 23 heavy (non-hydrogen) atoms. The van der Waals surface area contributed by atoms with Gasteiger partial charge in [-0.25, -0.2) is 0 Å². The summed E-state index contributed by atoms with van der Waals surface area (Å²) < 4.78 is 0. The highest BCUT2D eigenvalue weighted by atomic mass is 16.2. The molecule has 2 fully saturated rings. The van der Waals surface area contributed by atoms with Gasteiger partial charge in [0, 0.05) is 44.1 Å². The molecule has 0 spiro atoms. The van der Waals surface area contributed by atoms with E-state index in [1.807, 2.05) is 12.3 Å². The van der Waals surface area contributed by atoms with Crippen molar-refractivity contribution >= 4 is 5.91 Å². The molecular weight excluding hydrogens is 288 g/mol. The third-order valence-electron chi connectivity index (χ3n) is 5.15. The molecule has 2 N–H and O–H groups in total. The molecule has 2 aliphatic rings. The molecule has 5 heteroatoms. The predicted molar refractivity (Wildman–Crippen MR) is 91.0 cm³/mol. The van der Waals surface area contributed by atoms with Gasteiger partial charge in [0.15, 0.2) is 0 Å². The van der Waals surface area contributed by atoms with Crippen molar-refractivity contribution in [2.75, 3.05) is 26.2 Å². The molecule has 1 aliphatic carbocycles. The Morgan fingerprint density at radius 2 is 2.22 bits per heavy atom. The van der Waals surface area contributed by atoms with Crippen molar-refractivity contribution in [2.45, 2.75) is 44.7 Å². The molecule has 0 aromatic carbocycles. The maximum absolute atomic E-state index is 12.4. The lowest BCUT2D eigenvalue weighted by atomic mass is 9.87. The summed E-state index contributed by atoms with van der Waals surface area (Å²) in [5.41, 5.74) is 1.18. The molecular formula is C18H28N4O. The topological polar surface area (TPSA) is 57.3 Å². The number of carbonyl (C=O) groups excluding carboxylic acids is 1. The highest BCUT2D eigenvalue weighted by Gasteiger charge is 2.27. The summed E-state index contributed by atoms with van der Waals surface area (Å²) in [6, 6.07) is 4.66. The van der Waals surface area contributed by atoms with Crippen molar-refractivity contribution in [1.29, 1.82) is 0 Å². The van der Waals surface area contributed by atoms with E-state index in [1.54, 1.807) is 6.20 Å². The van der Waals surface area contributed by atoms with E-state index in [4.69, 9.17) is 0 Å². The van der Waals surface area contributed by atoms with Crippen LogP contribution in [0, 0.1) is 5.92 Å². The molecule has 1 saturated heterocycles. The van der Waals surface area contributed by atoms with Gasteiger partial charge in [-0.1, -0.05) is 13.0 Å². The number of carbonyl (C=O) groups is 1. The van der Waals surface area contributed by atoms with Crippen LogP contribution in [0.4, 0.5) is 0 Å². The zero-order valence-electron chi connectivity index (χ0n) is 14.0. The minimum Gasteiger partial charge on any atom is -0.352 e. The predicted octanol–water partition coefficient (Wildman–Crippen LogP) is 1.72. The first-order valence-corrected chi connectivity index (χ1v) is 8.86. The van der Waals surface area contributed by atoms with Gasteiger partial charge in [-0.05, 0) is 43.2 Å². The van der Waals surface area contributed by atoms with E-state index in [-0.39, 0.29) is 11.9 Å². The van der Waals surface area contributed by atoms with Crippen LogP contribution in [0.1, 0.15) is 44.2 Å². The van der Waals surface area contributed by atoms with Crippen molar-refractivity contribution in [1.82, 2.24) is 20.5 Å². The molecule has 1 aliphatic heterocycles. The molecule has 0 bridgehead atoms. The molecule has 1 aromatic rings. The molecule has 1 atom stereocenters. The molecule has 1 amide bonds. The van der Waals surface area contributed by atoms with E-state index in [0.717, 1.165) is 38.4 Å². The van der Waals surface area contributed by atoms with Crippen LogP contribution < -0.4 is 10.6 Å². The molecule has 5 nitrogen and oxygen atoms in total. The summed E-state index contributed by atoms with van der Waals surface area (Å²) in [4.78, 5) is 18.9. The Kier molecular flexibility index (Phi) is 5.62. The van der Waals surface area contributed by atoms with Crippen LogP contribution in [0.3, 0.4) is 0 Å². The van der Waals surface area contributed by atoms with Gasteiger partial charge in [0.05, 0.1) is 6.54 Å². The summed E-state index contributed by atoms with van der Waals surface area (Å²) in [6.45, 7) is 5.49. The summed E-state index contributed by atoms with van der Waals surface area (Å²) in [5.74, 6) is 0.978. The number of nitrogens with zero attached hydrogens (tertiary/aromatic N) is 2. The van der Waals surface area contributed by atoms with Gasteiger partial charge >= 0.3 is 0 Å². The van der Waals surface area contributed by atoms with Gasteiger partial charge in [-0.3, -0.25) is 14.7 Å². The van der Waals surface area contributed by atoms with E-state index in [9.17, 15) is 4.79 Å². The normalized spacial score (nSPS) is 29.2. The molecule has 1 aromatic heterocycles. The van der Waals surface area contributed by atoms with Gasteiger partial charge in [-0.15, -0.1) is 0 Å². The largest absolute Gasteiger partial charge is 0.352 e. The van der Waals surface area contributed by atoms with Crippen LogP contribution in [0.5, 0.6) is 0 Å². The highest BCUT2D eigenvalue weighted by molar-refractivity contribution is 5.78. The fourth-order valence-electron chi connectivity index (χ4n) is 3.70. The SMILES string of the molecule is CC1CCC(NC(=O)CN2CCNCC2c2cccnc2)CC1. The number of pyridine rings is 1. The standard InChI is InChI=1S/C18H28N4O/c1-14-4-6-16(7-5-14)21-18(23)13-22-10-9-20-12-17(22)15-3-2-8-19-11-15/h2-3,8,11,14,16-17,20H,4-7,9-10,12-13H2,1H3,(H,21,23). The second-order valence-corrected chi connectivity index (χ2v) is 7.00. The van der Waals surface area contributed by atoms with Crippen LogP contribution in [-0.2, 0) is 4.79 Å². The lowest BCUT2D eigenvalue weighted by Crippen LogP contribution is -2.50. The van der Waals surface area contributed by atoms with Crippen molar-refractivity contribution < 1.29 is 4.79 Å². The minimum absolute atomic E-state index is 0.167. The minimum atomic E-state index is 0.167. The second-order valence-electron chi connectivity index (χ2n) is 7.00. The van der Waals surface area contributed by atoms with Crippen LogP contribution in [0.15, 0.2) is 24.5 Å². The summed E-state index contributed by atoms with van der Waals surface area (Å²) in [6.07, 6.45) is 8.42. The Balaban J connectivity index is 1.55. The van der Waals surface area contributed by atoms with Crippen molar-refractivity contribution in [3.63, 3.8) is 0 Å². The lowest BCUT2D eigenvalue weighted by Gasteiger charge is -2.36. The van der Waals surface area contributed by atoms with E-state index >= 15 is 0 Å². The maximum atomic E-state index is 12.4. The Labute approximate surface area is 138 Å². The maximum Gasteiger partial charge on any atom is 0.234 e. The van der Waals surface area contributed by atoms with E-state index in [2.05, 4.69) is 33.5 Å². The molecule has 126 valence electrons. The van der Waals surface area contributed by atoms with E-state index in [0.29, 0.717) is 12.6 Å². The zero-order chi connectivity index (χ0) is 16.1. The Morgan fingerprint density at radius 1 is 1.39 bits per heavy atom. The van der Waals surface area contributed by atoms with Crippen molar-refractivity contribution in [3.8, 4) is 0 Å². The number of amides is 1. The van der Waals surface area contributed by atoms with Gasteiger partial charge in [0.25, 0.3) is 0 Å². The molecule has 1 unspecified atom stereocenters. The first kappa shape index (κ1) is 16.4. The third kappa shape index (κ3) is 4.52. The van der Waals surface area contributed by atoms with Crippen LogP contribution in [0.2, 0.25) is 0 Å². The quantitative estimate of drug-likeness (QED) is 0.888. The number of hydrogen-bond donors (Lipinski definition) is 2. The van der Waals surface area contributed by atoms with E-state index < -0.39 is 0 Å². The van der Waals surface area contributed by atoms with Crippen LogP contribution in [-0.4, -0.2) is 48.0 Å². The summed E-state index contributed by atoms with van der Waals surface area (Å²) >= 11 is 0. The Bertz CT molecular complexity index is 499.